The number of carbonyl (C=O) groups is 1. The van der Waals surface area contributed by atoms with E-state index in [2.05, 4.69) is 67.6 Å². The normalized spacial score (nSPS) is 10.7. The molecule has 1 heteroatoms. The van der Waals surface area contributed by atoms with Crippen LogP contribution in [-0.2, 0) is 6.42 Å². The first-order valence-electron chi connectivity index (χ1n) is 9.48. The maximum Gasteiger partial charge on any atom is 0.159 e. The summed E-state index contributed by atoms with van der Waals surface area (Å²) in [6.07, 6.45) is 4.87. The van der Waals surface area contributed by atoms with Crippen molar-refractivity contribution in [3.8, 4) is 22.3 Å². The van der Waals surface area contributed by atoms with E-state index in [1.54, 1.807) is 6.92 Å². The molecule has 0 aliphatic carbocycles. The van der Waals surface area contributed by atoms with Crippen LogP contribution in [-0.4, -0.2) is 5.78 Å². The predicted octanol–water partition coefficient (Wildman–Crippen LogP) is 6.96. The van der Waals surface area contributed by atoms with Gasteiger partial charge in [-0.1, -0.05) is 92.6 Å². The third kappa shape index (κ3) is 4.29. The maximum atomic E-state index is 11.6. The molecular weight excluding hydrogens is 316 g/mol. The number of aryl methyl sites for hydroxylation is 1. The van der Waals surface area contributed by atoms with E-state index in [1.807, 2.05) is 12.1 Å². The van der Waals surface area contributed by atoms with Gasteiger partial charge in [0.25, 0.3) is 0 Å². The van der Waals surface area contributed by atoms with Crippen molar-refractivity contribution in [2.75, 3.05) is 0 Å². The van der Waals surface area contributed by atoms with Crippen LogP contribution < -0.4 is 0 Å². The molecule has 0 heterocycles. The van der Waals surface area contributed by atoms with Crippen LogP contribution >= 0.6 is 0 Å². The molecule has 26 heavy (non-hydrogen) atoms. The molecule has 0 saturated heterocycles. The summed E-state index contributed by atoms with van der Waals surface area (Å²) in [5.74, 6) is 0.103. The quantitative estimate of drug-likeness (QED) is 0.335. The highest BCUT2D eigenvalue weighted by Gasteiger charge is 2.09. The summed E-state index contributed by atoms with van der Waals surface area (Å²) in [5, 5.41) is 0. The lowest BCUT2D eigenvalue weighted by molar-refractivity contribution is 0.101. The minimum Gasteiger partial charge on any atom is -0.295 e. The Kier molecular flexibility index (Phi) is 6.01. The number of hydrogen-bond donors (Lipinski definition) is 0. The van der Waals surface area contributed by atoms with Crippen molar-refractivity contribution in [1.29, 1.82) is 0 Å². The van der Waals surface area contributed by atoms with Crippen molar-refractivity contribution in [1.82, 2.24) is 0 Å². The molecule has 0 radical (unpaired) electrons. The Labute approximate surface area is 156 Å². The molecule has 3 aromatic rings. The van der Waals surface area contributed by atoms with Gasteiger partial charge in [0.2, 0.25) is 0 Å². The monoisotopic (exact) mass is 342 g/mol. The molecular formula is C25H26O. The molecule has 0 bridgehead atoms. The molecule has 0 spiro atoms. The number of rotatable bonds is 7. The molecule has 0 aromatic heterocycles. The number of carbonyl (C=O) groups excluding carboxylic acids is 1. The largest absolute Gasteiger partial charge is 0.295 e. The van der Waals surface area contributed by atoms with Gasteiger partial charge in [-0.2, -0.15) is 0 Å². The van der Waals surface area contributed by atoms with Gasteiger partial charge in [-0.3, -0.25) is 4.79 Å². The fourth-order valence-corrected chi connectivity index (χ4v) is 3.32. The standard InChI is InChI=1S/C25H26O/c1-3-4-6-9-20-12-17-24(23-15-13-21(14-16-23)19(2)26)25(18-20)22-10-7-5-8-11-22/h5,7-8,10-18H,3-4,6,9H2,1-2H3. The number of unbranched alkanes of at least 4 members (excludes halogenated alkanes) is 2. The van der Waals surface area contributed by atoms with Crippen LogP contribution in [0.3, 0.4) is 0 Å². The summed E-state index contributed by atoms with van der Waals surface area (Å²) in [5.41, 5.74) is 7.00. The lowest BCUT2D eigenvalue weighted by Gasteiger charge is -2.13. The Balaban J connectivity index is 2.02. The van der Waals surface area contributed by atoms with Crippen molar-refractivity contribution < 1.29 is 4.79 Å². The Bertz CT molecular complexity index is 860. The van der Waals surface area contributed by atoms with Crippen molar-refractivity contribution >= 4 is 5.78 Å². The van der Waals surface area contributed by atoms with E-state index in [0.29, 0.717) is 0 Å². The number of Topliss-reactive ketones (excluding diaryl/α,β-unsaturated/α-hetero) is 1. The highest BCUT2D eigenvalue weighted by Crippen LogP contribution is 2.33. The fraction of sp³-hybridized carbons (Fsp3) is 0.240. The van der Waals surface area contributed by atoms with Gasteiger partial charge in [0.05, 0.1) is 0 Å². The van der Waals surface area contributed by atoms with E-state index in [4.69, 9.17) is 0 Å². The van der Waals surface area contributed by atoms with Crippen LogP contribution in [0.4, 0.5) is 0 Å². The van der Waals surface area contributed by atoms with E-state index < -0.39 is 0 Å². The van der Waals surface area contributed by atoms with Gasteiger partial charge in [-0.25, -0.2) is 0 Å². The molecule has 0 amide bonds. The topological polar surface area (TPSA) is 17.1 Å². The van der Waals surface area contributed by atoms with Crippen LogP contribution in [0.1, 0.15) is 49.0 Å². The molecule has 3 rings (SSSR count). The van der Waals surface area contributed by atoms with E-state index in [9.17, 15) is 4.79 Å². The second kappa shape index (κ2) is 8.62. The Morgan fingerprint density at radius 2 is 1.46 bits per heavy atom. The molecule has 0 fully saturated rings. The minimum atomic E-state index is 0.103. The zero-order valence-corrected chi connectivity index (χ0v) is 15.7. The van der Waals surface area contributed by atoms with Crippen molar-refractivity contribution in [3.63, 3.8) is 0 Å². The summed E-state index contributed by atoms with van der Waals surface area (Å²) in [6, 6.07) is 25.3. The lowest BCUT2D eigenvalue weighted by atomic mass is 9.91. The highest BCUT2D eigenvalue weighted by atomic mass is 16.1. The third-order valence-corrected chi connectivity index (χ3v) is 4.84. The smallest absolute Gasteiger partial charge is 0.159 e. The zero-order valence-electron chi connectivity index (χ0n) is 15.7. The molecule has 132 valence electrons. The lowest BCUT2D eigenvalue weighted by Crippen LogP contribution is -1.93. The van der Waals surface area contributed by atoms with E-state index in [1.165, 1.54) is 41.5 Å². The molecule has 0 atom stereocenters. The average molecular weight is 342 g/mol. The number of benzene rings is 3. The highest BCUT2D eigenvalue weighted by molar-refractivity contribution is 5.95. The first-order valence-corrected chi connectivity index (χ1v) is 9.48. The summed E-state index contributed by atoms with van der Waals surface area (Å²) < 4.78 is 0. The zero-order chi connectivity index (χ0) is 18.4. The summed E-state index contributed by atoms with van der Waals surface area (Å²) >= 11 is 0. The average Bonchev–Trinajstić information content (AvgIpc) is 2.69. The maximum absolute atomic E-state index is 11.6. The SMILES string of the molecule is CCCCCc1ccc(-c2ccc(C(C)=O)cc2)c(-c2ccccc2)c1. The second-order valence-electron chi connectivity index (χ2n) is 6.84. The van der Waals surface area contributed by atoms with Crippen LogP contribution in [0.15, 0.2) is 72.8 Å². The summed E-state index contributed by atoms with van der Waals surface area (Å²) in [7, 11) is 0. The number of ketones is 1. The molecule has 0 unspecified atom stereocenters. The van der Waals surface area contributed by atoms with Crippen molar-refractivity contribution in [3.05, 3.63) is 83.9 Å². The summed E-state index contributed by atoms with van der Waals surface area (Å²) in [6.45, 7) is 3.85. The third-order valence-electron chi connectivity index (χ3n) is 4.84. The minimum absolute atomic E-state index is 0.103. The Morgan fingerprint density at radius 1 is 0.769 bits per heavy atom. The van der Waals surface area contributed by atoms with Crippen molar-refractivity contribution in [2.45, 2.75) is 39.5 Å². The number of hydrogen-bond acceptors (Lipinski definition) is 1. The van der Waals surface area contributed by atoms with Crippen molar-refractivity contribution in [2.24, 2.45) is 0 Å². The molecule has 0 N–H and O–H groups in total. The predicted molar refractivity (Wildman–Crippen MR) is 111 cm³/mol. The van der Waals surface area contributed by atoms with E-state index in [0.717, 1.165) is 17.5 Å². The van der Waals surface area contributed by atoms with Crippen LogP contribution in [0.25, 0.3) is 22.3 Å². The molecule has 0 saturated carbocycles. The molecule has 1 nitrogen and oxygen atoms in total. The summed E-state index contributed by atoms with van der Waals surface area (Å²) in [4.78, 5) is 11.6. The molecule has 0 aliphatic heterocycles. The first-order chi connectivity index (χ1) is 12.7. The molecule has 3 aromatic carbocycles. The van der Waals surface area contributed by atoms with Gasteiger partial charge in [-0.05, 0) is 47.6 Å². The van der Waals surface area contributed by atoms with Crippen LogP contribution in [0, 0.1) is 0 Å². The second-order valence-corrected chi connectivity index (χ2v) is 6.84. The van der Waals surface area contributed by atoms with Gasteiger partial charge >= 0.3 is 0 Å². The van der Waals surface area contributed by atoms with Gasteiger partial charge in [0.1, 0.15) is 0 Å². The Hall–Kier alpha value is -2.67. The van der Waals surface area contributed by atoms with Gasteiger partial charge in [-0.15, -0.1) is 0 Å². The van der Waals surface area contributed by atoms with Gasteiger partial charge in [0.15, 0.2) is 5.78 Å². The fourth-order valence-electron chi connectivity index (χ4n) is 3.32. The first kappa shape index (κ1) is 18.1. The van der Waals surface area contributed by atoms with E-state index in [-0.39, 0.29) is 5.78 Å². The van der Waals surface area contributed by atoms with Crippen LogP contribution in [0.2, 0.25) is 0 Å². The molecule has 0 aliphatic rings. The van der Waals surface area contributed by atoms with Gasteiger partial charge in [0, 0.05) is 5.56 Å². The van der Waals surface area contributed by atoms with Crippen LogP contribution in [0.5, 0.6) is 0 Å². The Morgan fingerprint density at radius 3 is 2.12 bits per heavy atom. The van der Waals surface area contributed by atoms with Gasteiger partial charge < -0.3 is 0 Å². The van der Waals surface area contributed by atoms with E-state index >= 15 is 0 Å².